The molecule has 0 atom stereocenters. The highest BCUT2D eigenvalue weighted by atomic mass is 16.4. The van der Waals surface area contributed by atoms with Crippen molar-refractivity contribution in [1.29, 1.82) is 0 Å². The highest BCUT2D eigenvalue weighted by Gasteiger charge is 2.22. The lowest BCUT2D eigenvalue weighted by molar-refractivity contribution is -0.137. The standard InChI is InChI=1S/C17H19NO4/c1-12-10-15(13(2)22-12)17(21)18(11-16(19)20)9-8-14-6-4-3-5-7-14/h3-7,10H,8-9,11H2,1-2H3,(H,19,20). The van der Waals surface area contributed by atoms with Crippen molar-refractivity contribution in [3.63, 3.8) is 0 Å². The minimum atomic E-state index is -1.03. The number of carboxylic acid groups (broad SMARTS) is 1. The molecule has 1 heterocycles. The van der Waals surface area contributed by atoms with Gasteiger partial charge < -0.3 is 14.4 Å². The van der Waals surface area contributed by atoms with E-state index in [0.29, 0.717) is 30.0 Å². The smallest absolute Gasteiger partial charge is 0.323 e. The van der Waals surface area contributed by atoms with Crippen LogP contribution in [0.3, 0.4) is 0 Å². The molecule has 1 amide bonds. The number of rotatable bonds is 6. The van der Waals surface area contributed by atoms with Gasteiger partial charge in [-0.1, -0.05) is 30.3 Å². The van der Waals surface area contributed by atoms with Crippen LogP contribution < -0.4 is 0 Å². The van der Waals surface area contributed by atoms with Gasteiger partial charge in [0.15, 0.2) is 0 Å². The van der Waals surface area contributed by atoms with Crippen LogP contribution in [0.5, 0.6) is 0 Å². The number of aliphatic carboxylic acids is 1. The summed E-state index contributed by atoms with van der Waals surface area (Å²) in [6.45, 7) is 3.49. The summed E-state index contributed by atoms with van der Waals surface area (Å²) in [6, 6.07) is 11.3. The zero-order valence-corrected chi connectivity index (χ0v) is 12.7. The van der Waals surface area contributed by atoms with Gasteiger partial charge in [0.2, 0.25) is 0 Å². The Morgan fingerprint density at radius 1 is 1.18 bits per heavy atom. The third-order valence-electron chi connectivity index (χ3n) is 3.40. The minimum Gasteiger partial charge on any atom is -0.480 e. The first-order valence-corrected chi connectivity index (χ1v) is 7.09. The molecule has 5 nitrogen and oxygen atoms in total. The van der Waals surface area contributed by atoms with Crippen molar-refractivity contribution in [2.24, 2.45) is 0 Å². The van der Waals surface area contributed by atoms with Crippen molar-refractivity contribution >= 4 is 11.9 Å². The molecular weight excluding hydrogens is 282 g/mol. The molecule has 0 aliphatic carbocycles. The van der Waals surface area contributed by atoms with Crippen LogP contribution in [0.25, 0.3) is 0 Å². The van der Waals surface area contributed by atoms with Gasteiger partial charge in [-0.05, 0) is 31.9 Å². The number of carbonyl (C=O) groups is 2. The molecule has 1 aromatic heterocycles. The van der Waals surface area contributed by atoms with Crippen molar-refractivity contribution in [2.75, 3.05) is 13.1 Å². The Morgan fingerprint density at radius 3 is 2.41 bits per heavy atom. The monoisotopic (exact) mass is 301 g/mol. The van der Waals surface area contributed by atoms with Crippen LogP contribution in [0.15, 0.2) is 40.8 Å². The molecule has 0 bridgehead atoms. The lowest BCUT2D eigenvalue weighted by Gasteiger charge is -2.20. The van der Waals surface area contributed by atoms with Crippen LogP contribution in [0.2, 0.25) is 0 Å². The summed E-state index contributed by atoms with van der Waals surface area (Å²) in [5.74, 6) is -0.191. The van der Waals surface area contributed by atoms with Crippen LogP contribution >= 0.6 is 0 Å². The van der Waals surface area contributed by atoms with Gasteiger partial charge in [0, 0.05) is 6.54 Å². The van der Waals surface area contributed by atoms with Gasteiger partial charge in [-0.15, -0.1) is 0 Å². The quantitative estimate of drug-likeness (QED) is 0.890. The van der Waals surface area contributed by atoms with E-state index in [0.717, 1.165) is 5.56 Å². The number of hydrogen-bond donors (Lipinski definition) is 1. The number of aryl methyl sites for hydroxylation is 2. The second kappa shape index (κ2) is 6.93. The van der Waals surface area contributed by atoms with Crippen LogP contribution in [0, 0.1) is 13.8 Å². The molecule has 0 saturated heterocycles. The summed E-state index contributed by atoms with van der Waals surface area (Å²) in [7, 11) is 0. The Labute approximate surface area is 129 Å². The Kier molecular flexibility index (Phi) is 4.99. The van der Waals surface area contributed by atoms with Gasteiger partial charge in [-0.2, -0.15) is 0 Å². The predicted octanol–water partition coefficient (Wildman–Crippen LogP) is 2.67. The number of carbonyl (C=O) groups excluding carboxylic acids is 1. The van der Waals surface area contributed by atoms with E-state index < -0.39 is 5.97 Å². The summed E-state index contributed by atoms with van der Waals surface area (Å²) >= 11 is 0. The average molecular weight is 301 g/mol. The van der Waals surface area contributed by atoms with E-state index in [1.807, 2.05) is 30.3 Å². The summed E-state index contributed by atoms with van der Waals surface area (Å²) < 4.78 is 5.36. The molecule has 0 aliphatic heterocycles. The predicted molar refractivity (Wildman–Crippen MR) is 81.9 cm³/mol. The molecule has 22 heavy (non-hydrogen) atoms. The Bertz CT molecular complexity index is 661. The Morgan fingerprint density at radius 2 is 1.86 bits per heavy atom. The van der Waals surface area contributed by atoms with E-state index >= 15 is 0 Å². The third-order valence-corrected chi connectivity index (χ3v) is 3.40. The average Bonchev–Trinajstić information content (AvgIpc) is 2.82. The number of furan rings is 1. The topological polar surface area (TPSA) is 70.8 Å². The van der Waals surface area contributed by atoms with E-state index in [1.54, 1.807) is 19.9 Å². The fraction of sp³-hybridized carbons (Fsp3) is 0.294. The van der Waals surface area contributed by atoms with E-state index in [9.17, 15) is 9.59 Å². The van der Waals surface area contributed by atoms with E-state index in [1.165, 1.54) is 4.90 Å². The fourth-order valence-electron chi connectivity index (χ4n) is 2.34. The number of benzene rings is 1. The normalized spacial score (nSPS) is 10.5. The van der Waals surface area contributed by atoms with E-state index in [2.05, 4.69) is 0 Å². The summed E-state index contributed by atoms with van der Waals surface area (Å²) in [5.41, 5.74) is 1.48. The molecule has 2 rings (SSSR count). The van der Waals surface area contributed by atoms with Crippen molar-refractivity contribution in [3.05, 3.63) is 59.0 Å². The summed E-state index contributed by atoms with van der Waals surface area (Å²) in [5, 5.41) is 9.03. The molecule has 5 heteroatoms. The third kappa shape index (κ3) is 3.97. The van der Waals surface area contributed by atoms with Gasteiger partial charge in [0.25, 0.3) is 5.91 Å². The highest BCUT2D eigenvalue weighted by molar-refractivity contribution is 5.96. The second-order valence-electron chi connectivity index (χ2n) is 5.18. The lowest BCUT2D eigenvalue weighted by Crippen LogP contribution is -2.37. The van der Waals surface area contributed by atoms with Gasteiger partial charge >= 0.3 is 5.97 Å². The van der Waals surface area contributed by atoms with Crippen molar-refractivity contribution in [3.8, 4) is 0 Å². The maximum absolute atomic E-state index is 12.5. The zero-order valence-electron chi connectivity index (χ0n) is 12.7. The summed E-state index contributed by atoms with van der Waals surface area (Å²) in [4.78, 5) is 24.9. The molecule has 0 saturated carbocycles. The highest BCUT2D eigenvalue weighted by Crippen LogP contribution is 2.16. The largest absolute Gasteiger partial charge is 0.480 e. The SMILES string of the molecule is Cc1cc(C(=O)N(CCc2ccccc2)CC(=O)O)c(C)o1. The molecule has 0 aliphatic rings. The fourth-order valence-corrected chi connectivity index (χ4v) is 2.34. The molecule has 116 valence electrons. The van der Waals surface area contributed by atoms with Crippen molar-refractivity contribution < 1.29 is 19.1 Å². The molecular formula is C17H19NO4. The van der Waals surface area contributed by atoms with Crippen molar-refractivity contribution in [1.82, 2.24) is 4.90 Å². The first kappa shape index (κ1) is 15.8. The number of amides is 1. The maximum Gasteiger partial charge on any atom is 0.323 e. The first-order valence-electron chi connectivity index (χ1n) is 7.09. The van der Waals surface area contributed by atoms with E-state index in [4.69, 9.17) is 9.52 Å². The van der Waals surface area contributed by atoms with Crippen LogP contribution in [-0.2, 0) is 11.2 Å². The summed E-state index contributed by atoms with van der Waals surface area (Å²) in [6.07, 6.45) is 0.607. The first-order chi connectivity index (χ1) is 10.5. The zero-order chi connectivity index (χ0) is 16.1. The number of hydrogen-bond acceptors (Lipinski definition) is 3. The molecule has 0 radical (unpaired) electrons. The Balaban J connectivity index is 2.13. The van der Waals surface area contributed by atoms with E-state index in [-0.39, 0.29) is 12.5 Å². The molecule has 0 spiro atoms. The van der Waals surface area contributed by atoms with Crippen LogP contribution in [0.1, 0.15) is 27.4 Å². The van der Waals surface area contributed by atoms with Gasteiger partial charge in [0.05, 0.1) is 5.56 Å². The molecule has 0 fully saturated rings. The van der Waals surface area contributed by atoms with Gasteiger partial charge in [-0.3, -0.25) is 9.59 Å². The van der Waals surface area contributed by atoms with Crippen LogP contribution in [-0.4, -0.2) is 35.0 Å². The number of carboxylic acids is 1. The molecule has 1 N–H and O–H groups in total. The number of nitrogens with zero attached hydrogens (tertiary/aromatic N) is 1. The van der Waals surface area contributed by atoms with Crippen LogP contribution in [0.4, 0.5) is 0 Å². The minimum absolute atomic E-state index is 0.312. The van der Waals surface area contributed by atoms with Crippen molar-refractivity contribution in [2.45, 2.75) is 20.3 Å². The van der Waals surface area contributed by atoms with Gasteiger partial charge in [0.1, 0.15) is 18.1 Å². The Hall–Kier alpha value is -2.56. The maximum atomic E-state index is 12.5. The molecule has 1 aromatic carbocycles. The molecule has 0 unspecified atom stereocenters. The van der Waals surface area contributed by atoms with Gasteiger partial charge in [-0.25, -0.2) is 0 Å². The molecule has 2 aromatic rings. The second-order valence-corrected chi connectivity index (χ2v) is 5.18. The lowest BCUT2D eigenvalue weighted by atomic mass is 10.1.